The van der Waals surface area contributed by atoms with E-state index in [1.54, 1.807) is 19.2 Å². The molecule has 2 aromatic carbocycles. The maximum atomic E-state index is 12.5. The van der Waals surface area contributed by atoms with Crippen LogP contribution in [0.1, 0.15) is 18.4 Å². The second-order valence-electron chi connectivity index (χ2n) is 5.72. The average Bonchev–Trinajstić information content (AvgIpc) is 2.67. The van der Waals surface area contributed by atoms with Crippen molar-refractivity contribution < 1.29 is 14.3 Å². The van der Waals surface area contributed by atoms with E-state index in [4.69, 9.17) is 4.74 Å². The number of amides is 2. The lowest BCUT2D eigenvalue weighted by molar-refractivity contribution is -0.119. The van der Waals surface area contributed by atoms with Crippen molar-refractivity contribution in [2.75, 3.05) is 12.1 Å². The molecule has 0 spiro atoms. The van der Waals surface area contributed by atoms with E-state index >= 15 is 0 Å². The van der Waals surface area contributed by atoms with Gasteiger partial charge in [-0.3, -0.25) is 9.59 Å². The fraction of sp³-hybridized carbons (Fsp3) is 0.211. The van der Waals surface area contributed by atoms with Gasteiger partial charge in [0.15, 0.2) is 0 Å². The molecular weight excluding hydrogens is 398 g/mol. The quantitative estimate of drug-likeness (QED) is 0.814. The lowest BCUT2D eigenvalue weighted by atomic mass is 10.1. The van der Waals surface area contributed by atoms with Crippen LogP contribution in [-0.4, -0.2) is 24.6 Å². The number of halogens is 1. The van der Waals surface area contributed by atoms with Gasteiger partial charge in [0.25, 0.3) is 5.91 Å². The standard InChI is InChI=1S/C19H18BrN3O3/c1-26-17-5-3-2-4-13(17)12-21-19(25)16-10-11-18(24)23(22-16)15-8-6-14(20)7-9-15/h2-9H,10-12H2,1H3,(H,21,25). The van der Waals surface area contributed by atoms with Gasteiger partial charge < -0.3 is 10.1 Å². The first kappa shape index (κ1) is 18.1. The van der Waals surface area contributed by atoms with E-state index in [0.29, 0.717) is 30.1 Å². The SMILES string of the molecule is COc1ccccc1CNC(=O)C1=NN(c2ccc(Br)cc2)C(=O)CC1. The van der Waals surface area contributed by atoms with E-state index < -0.39 is 0 Å². The molecule has 0 saturated heterocycles. The van der Waals surface area contributed by atoms with Crippen molar-refractivity contribution in [3.63, 3.8) is 0 Å². The number of carbonyl (C=O) groups is 2. The van der Waals surface area contributed by atoms with Gasteiger partial charge in [-0.1, -0.05) is 34.1 Å². The molecule has 0 unspecified atom stereocenters. The van der Waals surface area contributed by atoms with Gasteiger partial charge in [-0.15, -0.1) is 0 Å². The number of rotatable bonds is 5. The van der Waals surface area contributed by atoms with Gasteiger partial charge in [0, 0.05) is 29.4 Å². The first-order valence-electron chi connectivity index (χ1n) is 8.14. The molecule has 1 heterocycles. The number of nitrogens with one attached hydrogen (secondary N) is 1. The molecule has 7 heteroatoms. The van der Waals surface area contributed by atoms with Gasteiger partial charge in [-0.2, -0.15) is 5.10 Å². The van der Waals surface area contributed by atoms with Crippen molar-refractivity contribution in [1.82, 2.24) is 5.32 Å². The molecule has 0 aliphatic carbocycles. The van der Waals surface area contributed by atoms with E-state index in [1.165, 1.54) is 5.01 Å². The predicted octanol–water partition coefficient (Wildman–Crippen LogP) is 3.26. The monoisotopic (exact) mass is 415 g/mol. The van der Waals surface area contributed by atoms with Gasteiger partial charge >= 0.3 is 0 Å². The molecule has 3 rings (SSSR count). The smallest absolute Gasteiger partial charge is 0.267 e. The third kappa shape index (κ3) is 4.11. The highest BCUT2D eigenvalue weighted by molar-refractivity contribution is 9.10. The summed E-state index contributed by atoms with van der Waals surface area (Å²) in [5.41, 5.74) is 1.84. The Morgan fingerprint density at radius 1 is 1.19 bits per heavy atom. The molecule has 1 aliphatic rings. The highest BCUT2D eigenvalue weighted by Gasteiger charge is 2.25. The number of nitrogens with zero attached hydrogens (tertiary/aromatic N) is 2. The molecular formula is C19H18BrN3O3. The Kier molecular flexibility index (Phi) is 5.68. The summed E-state index contributed by atoms with van der Waals surface area (Å²) in [4.78, 5) is 24.7. The summed E-state index contributed by atoms with van der Waals surface area (Å²) in [6.45, 7) is 0.327. The molecule has 2 aromatic rings. The Bertz CT molecular complexity index is 849. The number of para-hydroxylation sites is 1. The molecule has 6 nitrogen and oxygen atoms in total. The summed E-state index contributed by atoms with van der Waals surface area (Å²) in [6, 6.07) is 14.7. The molecule has 0 saturated carbocycles. The number of hydrogen-bond donors (Lipinski definition) is 1. The van der Waals surface area contributed by atoms with Crippen LogP contribution in [0.5, 0.6) is 5.75 Å². The molecule has 1 aliphatic heterocycles. The van der Waals surface area contributed by atoms with Crippen molar-refractivity contribution in [3.8, 4) is 5.75 Å². The first-order chi connectivity index (χ1) is 12.6. The van der Waals surface area contributed by atoms with E-state index in [-0.39, 0.29) is 18.2 Å². The van der Waals surface area contributed by atoms with Gasteiger partial charge in [0.05, 0.1) is 12.8 Å². The molecule has 0 fully saturated rings. The third-order valence-electron chi connectivity index (χ3n) is 4.00. The minimum Gasteiger partial charge on any atom is -0.496 e. The van der Waals surface area contributed by atoms with E-state index in [2.05, 4.69) is 26.3 Å². The van der Waals surface area contributed by atoms with Crippen molar-refractivity contribution in [2.24, 2.45) is 5.10 Å². The molecule has 0 radical (unpaired) electrons. The number of ether oxygens (including phenoxy) is 1. The number of methoxy groups -OCH3 is 1. The predicted molar refractivity (Wildman–Crippen MR) is 103 cm³/mol. The van der Waals surface area contributed by atoms with Crippen LogP contribution >= 0.6 is 15.9 Å². The number of anilines is 1. The van der Waals surface area contributed by atoms with Crippen molar-refractivity contribution >= 4 is 39.1 Å². The fourth-order valence-electron chi connectivity index (χ4n) is 2.63. The maximum Gasteiger partial charge on any atom is 0.267 e. The minimum atomic E-state index is -0.287. The Hall–Kier alpha value is -2.67. The summed E-state index contributed by atoms with van der Waals surface area (Å²) in [5.74, 6) is 0.296. The zero-order valence-electron chi connectivity index (χ0n) is 14.2. The van der Waals surface area contributed by atoms with E-state index in [9.17, 15) is 9.59 Å². The maximum absolute atomic E-state index is 12.5. The number of hydrazone groups is 1. The summed E-state index contributed by atoms with van der Waals surface area (Å²) >= 11 is 3.36. The molecule has 2 amide bonds. The van der Waals surface area contributed by atoms with Gasteiger partial charge in [0.1, 0.15) is 11.5 Å². The van der Waals surface area contributed by atoms with Crippen LogP contribution in [0.4, 0.5) is 5.69 Å². The Labute approximate surface area is 160 Å². The van der Waals surface area contributed by atoms with Crippen molar-refractivity contribution in [2.45, 2.75) is 19.4 Å². The second kappa shape index (κ2) is 8.14. The summed E-state index contributed by atoms with van der Waals surface area (Å²) in [5, 5.41) is 8.39. The highest BCUT2D eigenvalue weighted by Crippen LogP contribution is 2.23. The van der Waals surface area contributed by atoms with Crippen LogP contribution < -0.4 is 15.1 Å². The molecule has 134 valence electrons. The lowest BCUT2D eigenvalue weighted by Gasteiger charge is -2.23. The summed E-state index contributed by atoms with van der Waals surface area (Å²) in [6.07, 6.45) is 0.570. The third-order valence-corrected chi connectivity index (χ3v) is 4.53. The normalized spacial score (nSPS) is 14.0. The molecule has 0 atom stereocenters. The minimum absolute atomic E-state index is 0.131. The fourth-order valence-corrected chi connectivity index (χ4v) is 2.89. The largest absolute Gasteiger partial charge is 0.496 e. The van der Waals surface area contributed by atoms with Crippen LogP contribution in [0, 0.1) is 0 Å². The Morgan fingerprint density at radius 2 is 1.92 bits per heavy atom. The number of benzene rings is 2. The van der Waals surface area contributed by atoms with Crippen LogP contribution in [0.2, 0.25) is 0 Å². The molecule has 26 heavy (non-hydrogen) atoms. The van der Waals surface area contributed by atoms with Gasteiger partial charge in [-0.25, -0.2) is 5.01 Å². The summed E-state index contributed by atoms with van der Waals surface area (Å²) in [7, 11) is 1.59. The van der Waals surface area contributed by atoms with Gasteiger partial charge in [-0.05, 0) is 30.3 Å². The summed E-state index contributed by atoms with van der Waals surface area (Å²) < 4.78 is 6.19. The first-order valence-corrected chi connectivity index (χ1v) is 8.94. The molecule has 0 aromatic heterocycles. The Morgan fingerprint density at radius 3 is 2.65 bits per heavy atom. The zero-order chi connectivity index (χ0) is 18.5. The van der Waals surface area contributed by atoms with Crippen LogP contribution in [0.3, 0.4) is 0 Å². The van der Waals surface area contributed by atoms with Crippen molar-refractivity contribution in [3.05, 3.63) is 58.6 Å². The lowest BCUT2D eigenvalue weighted by Crippen LogP contribution is -2.38. The molecule has 1 N–H and O–H groups in total. The van der Waals surface area contributed by atoms with Gasteiger partial charge in [0.2, 0.25) is 5.91 Å². The van der Waals surface area contributed by atoms with Crippen molar-refractivity contribution in [1.29, 1.82) is 0 Å². The number of carbonyl (C=O) groups excluding carboxylic acids is 2. The van der Waals surface area contributed by atoms with E-state index in [0.717, 1.165) is 10.0 Å². The van der Waals surface area contributed by atoms with Crippen LogP contribution in [-0.2, 0) is 16.1 Å². The zero-order valence-corrected chi connectivity index (χ0v) is 15.8. The second-order valence-corrected chi connectivity index (χ2v) is 6.64. The van der Waals surface area contributed by atoms with Crippen LogP contribution in [0.25, 0.3) is 0 Å². The number of hydrogen-bond acceptors (Lipinski definition) is 4. The highest BCUT2D eigenvalue weighted by atomic mass is 79.9. The Balaban J connectivity index is 1.73. The topological polar surface area (TPSA) is 71.0 Å². The average molecular weight is 416 g/mol. The molecule has 0 bridgehead atoms. The van der Waals surface area contributed by atoms with E-state index in [1.807, 2.05) is 36.4 Å². The van der Waals surface area contributed by atoms with Crippen LogP contribution in [0.15, 0.2) is 58.1 Å².